The summed E-state index contributed by atoms with van der Waals surface area (Å²) in [5, 5.41) is 0. The first-order valence-electron chi connectivity index (χ1n) is 4.36. The average Bonchev–Trinajstić information content (AvgIpc) is 2.45. The van der Waals surface area contributed by atoms with Gasteiger partial charge >= 0.3 is 0 Å². The second-order valence-electron chi connectivity index (χ2n) is 3.67. The highest BCUT2D eigenvalue weighted by atomic mass is 127. The zero-order valence-electron chi connectivity index (χ0n) is 6.68. The Morgan fingerprint density at radius 1 is 1.27 bits per heavy atom. The normalized spacial score (nSPS) is 29.2. The first kappa shape index (κ1) is 8.26. The molecule has 11 heavy (non-hydrogen) atoms. The van der Waals surface area contributed by atoms with Crippen molar-refractivity contribution in [1.29, 1.82) is 0 Å². The third kappa shape index (κ3) is 1.31. The molecule has 0 radical (unpaired) electrons. The summed E-state index contributed by atoms with van der Waals surface area (Å²) in [5.41, 5.74) is 0.460. The average molecular weight is 267 g/mol. The summed E-state index contributed by atoms with van der Waals surface area (Å²) >= 11 is 2.02. The molecule has 0 amide bonds. The molecule has 2 fully saturated rings. The van der Waals surface area contributed by atoms with E-state index in [2.05, 4.69) is 4.90 Å². The molecule has 0 atom stereocenters. The lowest BCUT2D eigenvalue weighted by Crippen LogP contribution is -2.41. The molecular formula is C8H14INO. The Bertz CT molecular complexity index is 141. The molecule has 3 heteroatoms. The van der Waals surface area contributed by atoms with Gasteiger partial charge in [-0.15, -0.1) is 0 Å². The standard InChI is InChI=1S/C8H14INO/c9-11-7-8-3-1-5-10(8)6-2-4-8/h1-7H2. The van der Waals surface area contributed by atoms with Crippen LogP contribution in [0.3, 0.4) is 0 Å². The number of rotatable bonds is 2. The topological polar surface area (TPSA) is 12.5 Å². The molecule has 2 aliphatic heterocycles. The minimum Gasteiger partial charge on any atom is -0.314 e. The summed E-state index contributed by atoms with van der Waals surface area (Å²) in [4.78, 5) is 2.62. The number of hydrogen-bond acceptors (Lipinski definition) is 2. The van der Waals surface area contributed by atoms with Crippen LogP contribution in [0.25, 0.3) is 0 Å². The van der Waals surface area contributed by atoms with E-state index in [1.807, 2.05) is 23.0 Å². The molecule has 64 valence electrons. The molecule has 2 heterocycles. The van der Waals surface area contributed by atoms with E-state index in [0.29, 0.717) is 5.54 Å². The Balaban J connectivity index is 2.07. The molecule has 0 unspecified atom stereocenters. The number of halogens is 1. The molecule has 2 rings (SSSR count). The van der Waals surface area contributed by atoms with Gasteiger partial charge in [0.05, 0.1) is 6.61 Å². The van der Waals surface area contributed by atoms with Gasteiger partial charge in [-0.25, -0.2) is 0 Å². The Morgan fingerprint density at radius 3 is 2.45 bits per heavy atom. The Morgan fingerprint density at radius 2 is 1.91 bits per heavy atom. The van der Waals surface area contributed by atoms with Gasteiger partial charge in [0.15, 0.2) is 0 Å². The second kappa shape index (κ2) is 3.18. The maximum atomic E-state index is 5.26. The molecule has 0 saturated carbocycles. The highest BCUT2D eigenvalue weighted by Crippen LogP contribution is 2.39. The van der Waals surface area contributed by atoms with Crippen LogP contribution < -0.4 is 0 Å². The zero-order valence-corrected chi connectivity index (χ0v) is 8.84. The first-order valence-corrected chi connectivity index (χ1v) is 5.24. The predicted octanol–water partition coefficient (Wildman–Crippen LogP) is 1.98. The van der Waals surface area contributed by atoms with Crippen LogP contribution in [0.1, 0.15) is 25.7 Å². The van der Waals surface area contributed by atoms with E-state index in [9.17, 15) is 0 Å². The van der Waals surface area contributed by atoms with Crippen LogP contribution in [0.4, 0.5) is 0 Å². The van der Waals surface area contributed by atoms with Gasteiger partial charge in [0.25, 0.3) is 0 Å². The maximum Gasteiger partial charge on any atom is 0.109 e. The molecule has 0 aromatic rings. The maximum absolute atomic E-state index is 5.26. The van der Waals surface area contributed by atoms with Gasteiger partial charge in [0.2, 0.25) is 0 Å². The Labute approximate surface area is 82.0 Å². The van der Waals surface area contributed by atoms with Crippen molar-refractivity contribution in [2.24, 2.45) is 0 Å². The van der Waals surface area contributed by atoms with Crippen molar-refractivity contribution in [3.8, 4) is 0 Å². The first-order chi connectivity index (χ1) is 5.37. The highest BCUT2D eigenvalue weighted by molar-refractivity contribution is 14.1. The van der Waals surface area contributed by atoms with Crippen LogP contribution in [-0.2, 0) is 3.07 Å². The van der Waals surface area contributed by atoms with Crippen molar-refractivity contribution in [3.63, 3.8) is 0 Å². The molecule has 0 aliphatic carbocycles. The van der Waals surface area contributed by atoms with Gasteiger partial charge in [0, 0.05) is 5.54 Å². The third-order valence-electron chi connectivity index (χ3n) is 3.13. The largest absolute Gasteiger partial charge is 0.314 e. The molecule has 2 nitrogen and oxygen atoms in total. The summed E-state index contributed by atoms with van der Waals surface area (Å²) in [6.07, 6.45) is 5.46. The highest BCUT2D eigenvalue weighted by Gasteiger charge is 2.44. The third-order valence-corrected chi connectivity index (χ3v) is 3.45. The van der Waals surface area contributed by atoms with Crippen LogP contribution in [0, 0.1) is 0 Å². The quantitative estimate of drug-likeness (QED) is 0.709. The van der Waals surface area contributed by atoms with Gasteiger partial charge in [0.1, 0.15) is 23.0 Å². The van der Waals surface area contributed by atoms with Gasteiger partial charge in [-0.1, -0.05) is 0 Å². The van der Waals surface area contributed by atoms with E-state index < -0.39 is 0 Å². The molecule has 0 aromatic carbocycles. The second-order valence-corrected chi connectivity index (χ2v) is 4.29. The summed E-state index contributed by atoms with van der Waals surface area (Å²) in [6.45, 7) is 3.55. The zero-order chi connectivity index (χ0) is 7.73. The lowest BCUT2D eigenvalue weighted by Gasteiger charge is -2.30. The van der Waals surface area contributed by atoms with Crippen molar-refractivity contribution >= 4 is 23.0 Å². The van der Waals surface area contributed by atoms with Crippen molar-refractivity contribution < 1.29 is 3.07 Å². The molecule has 0 N–H and O–H groups in total. The van der Waals surface area contributed by atoms with Crippen molar-refractivity contribution in [2.75, 3.05) is 19.7 Å². The summed E-state index contributed by atoms with van der Waals surface area (Å²) < 4.78 is 5.26. The SMILES string of the molecule is IOCC12CCCN1CCC2. The van der Waals surface area contributed by atoms with Gasteiger partial charge in [-0.2, -0.15) is 0 Å². The van der Waals surface area contributed by atoms with E-state index in [4.69, 9.17) is 3.07 Å². The molecule has 0 spiro atoms. The summed E-state index contributed by atoms with van der Waals surface area (Å²) in [6, 6.07) is 0. The fraction of sp³-hybridized carbons (Fsp3) is 1.00. The fourth-order valence-corrected chi connectivity index (χ4v) is 3.14. The van der Waals surface area contributed by atoms with E-state index >= 15 is 0 Å². The van der Waals surface area contributed by atoms with Crippen LogP contribution in [0.15, 0.2) is 0 Å². The van der Waals surface area contributed by atoms with Crippen molar-refractivity contribution in [3.05, 3.63) is 0 Å². The number of hydrogen-bond donors (Lipinski definition) is 0. The molecule has 2 aliphatic rings. The minimum atomic E-state index is 0.460. The molecular weight excluding hydrogens is 253 g/mol. The monoisotopic (exact) mass is 267 g/mol. The number of fused-ring (bicyclic) bond motifs is 1. The van der Waals surface area contributed by atoms with Gasteiger partial charge in [-0.05, 0) is 38.8 Å². The predicted molar refractivity (Wildman–Crippen MR) is 52.7 cm³/mol. The van der Waals surface area contributed by atoms with Crippen molar-refractivity contribution in [2.45, 2.75) is 31.2 Å². The summed E-state index contributed by atoms with van der Waals surface area (Å²) in [5.74, 6) is 0. The van der Waals surface area contributed by atoms with E-state index in [1.54, 1.807) is 0 Å². The molecule has 0 aromatic heterocycles. The molecule has 2 saturated heterocycles. The van der Waals surface area contributed by atoms with Gasteiger partial charge in [-0.3, -0.25) is 4.90 Å². The lowest BCUT2D eigenvalue weighted by atomic mass is 9.96. The van der Waals surface area contributed by atoms with E-state index in [-0.39, 0.29) is 0 Å². The summed E-state index contributed by atoms with van der Waals surface area (Å²) in [7, 11) is 0. The van der Waals surface area contributed by atoms with Crippen molar-refractivity contribution in [1.82, 2.24) is 4.90 Å². The smallest absolute Gasteiger partial charge is 0.109 e. The van der Waals surface area contributed by atoms with E-state index in [0.717, 1.165) is 6.61 Å². The lowest BCUT2D eigenvalue weighted by molar-refractivity contribution is 0.139. The van der Waals surface area contributed by atoms with Crippen LogP contribution in [-0.4, -0.2) is 30.1 Å². The van der Waals surface area contributed by atoms with Crippen LogP contribution in [0.2, 0.25) is 0 Å². The van der Waals surface area contributed by atoms with Gasteiger partial charge < -0.3 is 3.07 Å². The fourth-order valence-electron chi connectivity index (χ4n) is 2.56. The number of nitrogens with zero attached hydrogens (tertiary/aromatic N) is 1. The Hall–Kier alpha value is 0.650. The minimum absolute atomic E-state index is 0.460. The van der Waals surface area contributed by atoms with Crippen LogP contribution in [0.5, 0.6) is 0 Å². The Kier molecular flexibility index (Phi) is 2.39. The van der Waals surface area contributed by atoms with Crippen LogP contribution >= 0.6 is 23.0 Å². The molecule has 0 bridgehead atoms. The van der Waals surface area contributed by atoms with E-state index in [1.165, 1.54) is 38.8 Å².